The Bertz CT molecular complexity index is 394. The third kappa shape index (κ3) is 2.68. The van der Waals surface area contributed by atoms with Gasteiger partial charge < -0.3 is 15.0 Å². The van der Waals surface area contributed by atoms with Gasteiger partial charge in [0.25, 0.3) is 0 Å². The van der Waals surface area contributed by atoms with Gasteiger partial charge in [0.2, 0.25) is 0 Å². The van der Waals surface area contributed by atoms with Crippen LogP contribution in [0.3, 0.4) is 0 Å². The molecule has 18 heavy (non-hydrogen) atoms. The molecular weight excluding hydrogens is 224 g/mol. The predicted octanol–water partition coefficient (Wildman–Crippen LogP) is 2.58. The summed E-state index contributed by atoms with van der Waals surface area (Å²) < 4.78 is 5.71. The van der Waals surface area contributed by atoms with Crippen molar-refractivity contribution < 1.29 is 4.74 Å². The standard InChI is InChI=1S/C15H24N2O/c1-11-10-18-12(2)9-17(11)15-8-6-5-7-14(15)13(3)16-4/h5-8,11-13,16H,9-10H2,1-4H3. The minimum Gasteiger partial charge on any atom is -0.375 e. The first-order valence-corrected chi connectivity index (χ1v) is 6.78. The molecule has 0 aromatic heterocycles. The summed E-state index contributed by atoms with van der Waals surface area (Å²) in [6.45, 7) is 8.35. The highest BCUT2D eigenvalue weighted by Crippen LogP contribution is 2.29. The highest BCUT2D eigenvalue weighted by atomic mass is 16.5. The van der Waals surface area contributed by atoms with Gasteiger partial charge in [-0.25, -0.2) is 0 Å². The van der Waals surface area contributed by atoms with Gasteiger partial charge in [-0.3, -0.25) is 0 Å². The molecule has 1 aliphatic rings. The van der Waals surface area contributed by atoms with Crippen LogP contribution in [0.5, 0.6) is 0 Å². The molecule has 0 saturated carbocycles. The van der Waals surface area contributed by atoms with Gasteiger partial charge in [0.15, 0.2) is 0 Å². The average molecular weight is 248 g/mol. The molecule has 0 aliphatic carbocycles. The number of para-hydroxylation sites is 1. The van der Waals surface area contributed by atoms with E-state index in [1.54, 1.807) is 0 Å². The number of anilines is 1. The first kappa shape index (κ1) is 13.4. The normalized spacial score (nSPS) is 26.1. The van der Waals surface area contributed by atoms with Crippen LogP contribution in [0.4, 0.5) is 5.69 Å². The number of morpholine rings is 1. The van der Waals surface area contributed by atoms with Crippen LogP contribution in [0.2, 0.25) is 0 Å². The lowest BCUT2D eigenvalue weighted by molar-refractivity contribution is 0.0343. The van der Waals surface area contributed by atoms with Crippen molar-refractivity contribution in [2.45, 2.75) is 39.0 Å². The van der Waals surface area contributed by atoms with E-state index in [1.807, 2.05) is 7.05 Å². The summed E-state index contributed by atoms with van der Waals surface area (Å²) >= 11 is 0. The summed E-state index contributed by atoms with van der Waals surface area (Å²) in [5, 5.41) is 3.33. The van der Waals surface area contributed by atoms with Gasteiger partial charge in [-0.05, 0) is 39.4 Å². The Morgan fingerprint density at radius 2 is 2.06 bits per heavy atom. The summed E-state index contributed by atoms with van der Waals surface area (Å²) in [6, 6.07) is 9.47. The lowest BCUT2D eigenvalue weighted by atomic mass is 10.0. The smallest absolute Gasteiger partial charge is 0.0723 e. The molecule has 3 nitrogen and oxygen atoms in total. The maximum atomic E-state index is 5.71. The number of nitrogens with one attached hydrogen (secondary N) is 1. The van der Waals surface area contributed by atoms with Gasteiger partial charge in [0.05, 0.1) is 12.7 Å². The first-order valence-electron chi connectivity index (χ1n) is 6.78. The van der Waals surface area contributed by atoms with Gasteiger partial charge in [0.1, 0.15) is 0 Å². The van der Waals surface area contributed by atoms with Crippen molar-refractivity contribution >= 4 is 5.69 Å². The fourth-order valence-electron chi connectivity index (χ4n) is 2.51. The molecule has 0 amide bonds. The number of ether oxygens (including phenoxy) is 1. The van der Waals surface area contributed by atoms with Crippen molar-refractivity contribution in [2.75, 3.05) is 25.1 Å². The summed E-state index contributed by atoms with van der Waals surface area (Å²) in [5.41, 5.74) is 2.70. The Balaban J connectivity index is 2.31. The van der Waals surface area contributed by atoms with Crippen molar-refractivity contribution in [1.82, 2.24) is 5.32 Å². The van der Waals surface area contributed by atoms with Gasteiger partial charge in [-0.2, -0.15) is 0 Å². The minimum atomic E-state index is 0.305. The van der Waals surface area contributed by atoms with Crippen molar-refractivity contribution in [1.29, 1.82) is 0 Å². The van der Waals surface area contributed by atoms with E-state index < -0.39 is 0 Å². The maximum absolute atomic E-state index is 5.71. The lowest BCUT2D eigenvalue weighted by Crippen LogP contribution is -2.48. The second-order valence-corrected chi connectivity index (χ2v) is 5.21. The first-order chi connectivity index (χ1) is 8.63. The quantitative estimate of drug-likeness (QED) is 0.890. The molecule has 0 radical (unpaired) electrons. The fraction of sp³-hybridized carbons (Fsp3) is 0.600. The van der Waals surface area contributed by atoms with Crippen LogP contribution in [0.25, 0.3) is 0 Å². The molecule has 1 aromatic carbocycles. The van der Waals surface area contributed by atoms with Crippen LogP contribution < -0.4 is 10.2 Å². The molecule has 0 bridgehead atoms. The van der Waals surface area contributed by atoms with E-state index in [1.165, 1.54) is 11.3 Å². The van der Waals surface area contributed by atoms with Crippen molar-refractivity contribution in [3.8, 4) is 0 Å². The van der Waals surface area contributed by atoms with Crippen LogP contribution in [-0.4, -0.2) is 32.3 Å². The summed E-state index contributed by atoms with van der Waals surface area (Å²) in [4.78, 5) is 2.47. The molecule has 1 fully saturated rings. The van der Waals surface area contributed by atoms with Crippen molar-refractivity contribution in [3.63, 3.8) is 0 Å². The van der Waals surface area contributed by atoms with Crippen molar-refractivity contribution in [2.24, 2.45) is 0 Å². The zero-order valence-electron chi connectivity index (χ0n) is 11.8. The maximum Gasteiger partial charge on any atom is 0.0723 e. The number of nitrogens with zero attached hydrogens (tertiary/aromatic N) is 1. The highest BCUT2D eigenvalue weighted by Gasteiger charge is 2.25. The van der Waals surface area contributed by atoms with Crippen LogP contribution in [0.1, 0.15) is 32.4 Å². The Hall–Kier alpha value is -1.06. The molecular formula is C15H24N2O. The second-order valence-electron chi connectivity index (χ2n) is 5.21. The van der Waals surface area contributed by atoms with Gasteiger partial charge in [-0.1, -0.05) is 18.2 Å². The number of hydrogen-bond acceptors (Lipinski definition) is 3. The molecule has 1 saturated heterocycles. The van der Waals surface area contributed by atoms with Gasteiger partial charge in [0, 0.05) is 24.3 Å². The van der Waals surface area contributed by atoms with Gasteiger partial charge >= 0.3 is 0 Å². The molecule has 3 unspecified atom stereocenters. The van der Waals surface area contributed by atoms with Crippen LogP contribution in [-0.2, 0) is 4.74 Å². The summed E-state index contributed by atoms with van der Waals surface area (Å²) in [5.74, 6) is 0. The van der Waals surface area contributed by atoms with Crippen LogP contribution in [0, 0.1) is 0 Å². The molecule has 2 rings (SSSR count). The molecule has 100 valence electrons. The monoisotopic (exact) mass is 248 g/mol. The van der Waals surface area contributed by atoms with Crippen molar-refractivity contribution in [3.05, 3.63) is 29.8 Å². The molecule has 1 aliphatic heterocycles. The van der Waals surface area contributed by atoms with E-state index in [0.29, 0.717) is 18.2 Å². The van der Waals surface area contributed by atoms with E-state index in [2.05, 4.69) is 55.3 Å². The Morgan fingerprint density at radius 1 is 1.33 bits per heavy atom. The average Bonchev–Trinajstić information content (AvgIpc) is 2.40. The minimum absolute atomic E-state index is 0.305. The summed E-state index contributed by atoms with van der Waals surface area (Å²) in [7, 11) is 2.01. The molecule has 1 heterocycles. The van der Waals surface area contributed by atoms with Gasteiger partial charge in [-0.15, -0.1) is 0 Å². The number of hydrogen-bond donors (Lipinski definition) is 1. The molecule has 1 aromatic rings. The topological polar surface area (TPSA) is 24.5 Å². The lowest BCUT2D eigenvalue weighted by Gasteiger charge is -2.40. The number of rotatable bonds is 3. The fourth-order valence-corrected chi connectivity index (χ4v) is 2.51. The molecule has 0 spiro atoms. The zero-order valence-corrected chi connectivity index (χ0v) is 11.8. The Morgan fingerprint density at radius 3 is 2.78 bits per heavy atom. The van der Waals surface area contributed by atoms with E-state index in [-0.39, 0.29) is 0 Å². The molecule has 3 atom stereocenters. The van der Waals surface area contributed by atoms with E-state index in [4.69, 9.17) is 4.74 Å². The van der Waals surface area contributed by atoms with Crippen LogP contribution in [0.15, 0.2) is 24.3 Å². The SMILES string of the molecule is CNC(C)c1ccccc1N1CC(C)OCC1C. The Labute approximate surface area is 110 Å². The zero-order chi connectivity index (χ0) is 13.1. The largest absolute Gasteiger partial charge is 0.375 e. The highest BCUT2D eigenvalue weighted by molar-refractivity contribution is 5.56. The Kier molecular flexibility index (Phi) is 4.25. The second kappa shape index (κ2) is 5.72. The summed E-state index contributed by atoms with van der Waals surface area (Å²) in [6.07, 6.45) is 0.305. The predicted molar refractivity (Wildman–Crippen MR) is 76.1 cm³/mol. The molecule has 1 N–H and O–H groups in total. The van der Waals surface area contributed by atoms with Crippen LogP contribution >= 0.6 is 0 Å². The molecule has 3 heteroatoms. The van der Waals surface area contributed by atoms with E-state index in [9.17, 15) is 0 Å². The third-order valence-corrected chi connectivity index (χ3v) is 3.75. The van der Waals surface area contributed by atoms with E-state index >= 15 is 0 Å². The third-order valence-electron chi connectivity index (χ3n) is 3.75. The van der Waals surface area contributed by atoms with E-state index in [0.717, 1.165) is 13.2 Å². The number of benzene rings is 1.